The highest BCUT2D eigenvalue weighted by Gasteiger charge is 2.12. The predicted molar refractivity (Wildman–Crippen MR) is 46.8 cm³/mol. The molecule has 0 aromatic carbocycles. The van der Waals surface area contributed by atoms with Crippen molar-refractivity contribution < 1.29 is 9.47 Å². The molecule has 0 bridgehead atoms. The summed E-state index contributed by atoms with van der Waals surface area (Å²) in [6.07, 6.45) is 2.35. The van der Waals surface area contributed by atoms with Gasteiger partial charge in [0.2, 0.25) is 0 Å². The topological polar surface area (TPSA) is 18.5 Å². The monoisotopic (exact) mass is 160 g/mol. The van der Waals surface area contributed by atoms with Gasteiger partial charge in [-0.15, -0.1) is 0 Å². The molecule has 0 unspecified atom stereocenters. The summed E-state index contributed by atoms with van der Waals surface area (Å²) in [4.78, 5) is 0. The van der Waals surface area contributed by atoms with Crippen LogP contribution in [0.15, 0.2) is 0 Å². The van der Waals surface area contributed by atoms with Crippen LogP contribution in [0.4, 0.5) is 0 Å². The van der Waals surface area contributed by atoms with Crippen molar-refractivity contribution in [3.8, 4) is 0 Å². The zero-order valence-corrected chi connectivity index (χ0v) is 7.93. The molecule has 68 valence electrons. The fraction of sp³-hybridized carbons (Fsp3) is 1.00. The molecule has 1 saturated heterocycles. The molecule has 1 aliphatic heterocycles. The van der Waals surface area contributed by atoms with E-state index in [1.807, 2.05) is 13.8 Å². The first kappa shape index (κ1) is 10.9. The first-order valence-corrected chi connectivity index (χ1v) is 4.50. The third-order valence-electron chi connectivity index (χ3n) is 1.74. The van der Waals surface area contributed by atoms with E-state index in [1.54, 1.807) is 7.11 Å². The summed E-state index contributed by atoms with van der Waals surface area (Å²) in [5.74, 6) is 0.753. The average Bonchev–Trinajstić information content (AvgIpc) is 2.11. The van der Waals surface area contributed by atoms with E-state index in [0.717, 1.165) is 25.7 Å². The van der Waals surface area contributed by atoms with Crippen LogP contribution in [0, 0.1) is 5.92 Å². The maximum Gasteiger partial charge on any atom is 0.0492 e. The first-order valence-electron chi connectivity index (χ1n) is 4.50. The molecular weight excluding hydrogens is 140 g/mol. The van der Waals surface area contributed by atoms with Crippen LogP contribution in [0.5, 0.6) is 0 Å². The lowest BCUT2D eigenvalue weighted by Crippen LogP contribution is -2.19. The molecule has 0 atom stereocenters. The normalized spacial score (nSPS) is 18.8. The average molecular weight is 160 g/mol. The van der Waals surface area contributed by atoms with Crippen molar-refractivity contribution in [2.45, 2.75) is 26.7 Å². The van der Waals surface area contributed by atoms with E-state index in [2.05, 4.69) is 0 Å². The van der Waals surface area contributed by atoms with Crippen LogP contribution < -0.4 is 0 Å². The number of hydrogen-bond acceptors (Lipinski definition) is 2. The van der Waals surface area contributed by atoms with Gasteiger partial charge in [0.15, 0.2) is 0 Å². The number of hydrogen-bond donors (Lipinski definition) is 0. The smallest absolute Gasteiger partial charge is 0.0492 e. The van der Waals surface area contributed by atoms with Gasteiger partial charge in [0.05, 0.1) is 0 Å². The van der Waals surface area contributed by atoms with Crippen molar-refractivity contribution in [1.29, 1.82) is 0 Å². The van der Waals surface area contributed by atoms with Crippen molar-refractivity contribution in [3.63, 3.8) is 0 Å². The molecule has 0 aromatic heterocycles. The second-order valence-corrected chi connectivity index (χ2v) is 2.51. The largest absolute Gasteiger partial charge is 0.384 e. The summed E-state index contributed by atoms with van der Waals surface area (Å²) in [5, 5.41) is 0. The molecule has 0 radical (unpaired) electrons. The summed E-state index contributed by atoms with van der Waals surface area (Å²) < 4.78 is 10.2. The van der Waals surface area contributed by atoms with Crippen molar-refractivity contribution in [3.05, 3.63) is 0 Å². The van der Waals surface area contributed by atoms with E-state index in [4.69, 9.17) is 9.47 Å². The summed E-state index contributed by atoms with van der Waals surface area (Å²) >= 11 is 0. The predicted octanol–water partition coefficient (Wildman–Crippen LogP) is 2.09. The Labute approximate surface area is 69.9 Å². The van der Waals surface area contributed by atoms with Gasteiger partial charge in [-0.2, -0.15) is 0 Å². The Morgan fingerprint density at radius 3 is 2.27 bits per heavy atom. The minimum atomic E-state index is 0.753. The second-order valence-electron chi connectivity index (χ2n) is 2.51. The fourth-order valence-electron chi connectivity index (χ4n) is 1.15. The maximum absolute atomic E-state index is 5.19. The lowest BCUT2D eigenvalue weighted by molar-refractivity contribution is 0.0343. The highest BCUT2D eigenvalue weighted by Crippen LogP contribution is 2.13. The lowest BCUT2D eigenvalue weighted by Gasteiger charge is -2.20. The van der Waals surface area contributed by atoms with Gasteiger partial charge in [0.25, 0.3) is 0 Å². The van der Waals surface area contributed by atoms with E-state index in [9.17, 15) is 0 Å². The van der Waals surface area contributed by atoms with Crippen LogP contribution in [0.2, 0.25) is 0 Å². The van der Waals surface area contributed by atoms with Crippen LogP contribution in [0.25, 0.3) is 0 Å². The zero-order chi connectivity index (χ0) is 8.53. The van der Waals surface area contributed by atoms with E-state index in [-0.39, 0.29) is 0 Å². The molecule has 0 saturated carbocycles. The second kappa shape index (κ2) is 8.02. The highest BCUT2D eigenvalue weighted by atomic mass is 16.5. The highest BCUT2D eigenvalue weighted by molar-refractivity contribution is 4.61. The molecule has 1 heterocycles. The van der Waals surface area contributed by atoms with Crippen LogP contribution in [-0.4, -0.2) is 26.9 Å². The standard InChI is InChI=1S/C7H14O2.C2H6/c1-8-6-7-2-4-9-5-3-7;1-2/h7H,2-6H2,1H3;1-2H3. The van der Waals surface area contributed by atoms with Gasteiger partial charge in [0.1, 0.15) is 0 Å². The summed E-state index contributed by atoms with van der Waals surface area (Å²) in [6.45, 7) is 6.76. The van der Waals surface area contributed by atoms with Crippen molar-refractivity contribution in [2.75, 3.05) is 26.9 Å². The Balaban J connectivity index is 0.000000461. The number of rotatable bonds is 2. The zero-order valence-electron chi connectivity index (χ0n) is 7.93. The quantitative estimate of drug-likeness (QED) is 0.615. The Morgan fingerprint density at radius 1 is 1.27 bits per heavy atom. The first-order chi connectivity index (χ1) is 5.43. The third kappa shape index (κ3) is 5.22. The molecule has 1 aliphatic rings. The SMILES string of the molecule is CC.COCC1CCOCC1. The lowest BCUT2D eigenvalue weighted by atomic mass is 10.0. The molecule has 0 N–H and O–H groups in total. The minimum absolute atomic E-state index is 0.753. The van der Waals surface area contributed by atoms with Gasteiger partial charge < -0.3 is 9.47 Å². The van der Waals surface area contributed by atoms with Gasteiger partial charge in [-0.3, -0.25) is 0 Å². The van der Waals surface area contributed by atoms with Gasteiger partial charge in [-0.1, -0.05) is 13.8 Å². The molecule has 2 heteroatoms. The molecule has 1 fully saturated rings. The van der Waals surface area contributed by atoms with E-state index in [0.29, 0.717) is 0 Å². The molecule has 0 spiro atoms. The van der Waals surface area contributed by atoms with Gasteiger partial charge in [-0.05, 0) is 18.8 Å². The number of ether oxygens (including phenoxy) is 2. The van der Waals surface area contributed by atoms with Gasteiger partial charge >= 0.3 is 0 Å². The molecule has 0 aliphatic carbocycles. The molecule has 11 heavy (non-hydrogen) atoms. The Kier molecular flexibility index (Phi) is 7.96. The molecule has 0 amide bonds. The molecular formula is C9H20O2. The van der Waals surface area contributed by atoms with Gasteiger partial charge in [-0.25, -0.2) is 0 Å². The molecule has 1 rings (SSSR count). The van der Waals surface area contributed by atoms with Crippen LogP contribution in [-0.2, 0) is 9.47 Å². The third-order valence-corrected chi connectivity index (χ3v) is 1.74. The Bertz CT molecular complexity index is 65.2. The van der Waals surface area contributed by atoms with Crippen molar-refractivity contribution in [1.82, 2.24) is 0 Å². The molecule has 2 nitrogen and oxygen atoms in total. The Morgan fingerprint density at radius 2 is 1.82 bits per heavy atom. The van der Waals surface area contributed by atoms with E-state index in [1.165, 1.54) is 12.8 Å². The van der Waals surface area contributed by atoms with Crippen LogP contribution in [0.3, 0.4) is 0 Å². The summed E-state index contributed by atoms with van der Waals surface area (Å²) in [5.41, 5.74) is 0. The van der Waals surface area contributed by atoms with E-state index >= 15 is 0 Å². The minimum Gasteiger partial charge on any atom is -0.384 e. The van der Waals surface area contributed by atoms with Crippen molar-refractivity contribution >= 4 is 0 Å². The molecule has 0 aromatic rings. The fourth-order valence-corrected chi connectivity index (χ4v) is 1.15. The maximum atomic E-state index is 5.19. The summed E-state index contributed by atoms with van der Waals surface area (Å²) in [6, 6.07) is 0. The van der Waals surface area contributed by atoms with Crippen molar-refractivity contribution in [2.24, 2.45) is 5.92 Å². The van der Waals surface area contributed by atoms with Gasteiger partial charge in [0, 0.05) is 26.9 Å². The van der Waals surface area contributed by atoms with Crippen LogP contribution in [0.1, 0.15) is 26.7 Å². The number of methoxy groups -OCH3 is 1. The Hall–Kier alpha value is -0.0800. The van der Waals surface area contributed by atoms with Crippen LogP contribution >= 0.6 is 0 Å². The summed E-state index contributed by atoms with van der Waals surface area (Å²) in [7, 11) is 1.76. The van der Waals surface area contributed by atoms with E-state index < -0.39 is 0 Å².